The zero-order valence-corrected chi connectivity index (χ0v) is 8.38. The predicted molar refractivity (Wildman–Crippen MR) is 48.1 cm³/mol. The maximum Gasteiger partial charge on any atom is 0.315 e. The molecule has 1 aliphatic carbocycles. The van der Waals surface area contributed by atoms with Gasteiger partial charge in [-0.2, -0.15) is 0 Å². The van der Waals surface area contributed by atoms with Crippen LogP contribution in [0.2, 0.25) is 0 Å². The molecule has 0 bridgehead atoms. The minimum absolute atomic E-state index is 0.360. The van der Waals surface area contributed by atoms with E-state index >= 15 is 0 Å². The molecule has 0 heterocycles. The number of esters is 1. The molecule has 1 rings (SSSR count). The maximum absolute atomic E-state index is 11.4. The Morgan fingerprint density at radius 1 is 1.60 bits per heavy atom. The fraction of sp³-hybridized carbons (Fsp3) is 0.600. The number of allylic oxidation sites excluding steroid dienone is 1. The van der Waals surface area contributed by atoms with Gasteiger partial charge in [-0.05, 0) is 19.8 Å². The minimum atomic E-state index is -1.26. The second-order valence-electron chi connectivity index (χ2n) is 3.49. The first-order valence-corrected chi connectivity index (χ1v) is 4.78. The van der Waals surface area contributed by atoms with Crippen molar-refractivity contribution in [3.05, 3.63) is 12.2 Å². The van der Waals surface area contributed by atoms with Crippen LogP contribution in [0, 0.1) is 11.8 Å². The van der Waals surface area contributed by atoms with Crippen molar-refractivity contribution >= 4 is 11.9 Å². The highest BCUT2D eigenvalue weighted by Gasteiger charge is 2.30. The first kappa shape index (κ1) is 11.7. The molecule has 15 heavy (non-hydrogen) atoms. The van der Waals surface area contributed by atoms with Crippen molar-refractivity contribution in [1.82, 2.24) is 0 Å². The van der Waals surface area contributed by atoms with Crippen molar-refractivity contribution in [2.24, 2.45) is 11.8 Å². The van der Waals surface area contributed by atoms with Gasteiger partial charge in [0.1, 0.15) is 0 Å². The van der Waals surface area contributed by atoms with Gasteiger partial charge in [0.2, 0.25) is 0 Å². The molecule has 0 aromatic carbocycles. The average Bonchev–Trinajstić information content (AvgIpc) is 2.16. The quantitative estimate of drug-likeness (QED) is 0.377. The molecule has 3 atom stereocenters. The number of aliphatic hydroxyl groups excluding tert-OH is 1. The number of ether oxygens (including phenoxy) is 1. The number of hydrogen-bond donors (Lipinski definition) is 1. The van der Waals surface area contributed by atoms with Crippen LogP contribution in [0.1, 0.15) is 19.8 Å². The molecule has 1 aliphatic rings. The topological polar surface area (TPSA) is 86.7 Å². The predicted octanol–water partition coefficient (Wildman–Crippen LogP) is -0.800. The second kappa shape index (κ2) is 4.93. The number of aliphatic carboxylic acids is 1. The maximum atomic E-state index is 11.4. The lowest BCUT2D eigenvalue weighted by molar-refractivity contribution is -0.313. The van der Waals surface area contributed by atoms with Crippen LogP contribution in [-0.2, 0) is 14.3 Å². The molecule has 0 saturated carbocycles. The van der Waals surface area contributed by atoms with E-state index in [4.69, 9.17) is 5.11 Å². The van der Waals surface area contributed by atoms with Crippen molar-refractivity contribution in [3.63, 3.8) is 0 Å². The smallest absolute Gasteiger partial charge is 0.315 e. The summed E-state index contributed by atoms with van der Waals surface area (Å²) in [6.45, 7) is 1.29. The van der Waals surface area contributed by atoms with E-state index in [1.54, 1.807) is 6.08 Å². The van der Waals surface area contributed by atoms with Gasteiger partial charge in [-0.3, -0.25) is 4.79 Å². The van der Waals surface area contributed by atoms with Crippen molar-refractivity contribution < 1.29 is 24.5 Å². The highest BCUT2D eigenvalue weighted by Crippen LogP contribution is 2.25. The molecule has 0 radical (unpaired) electrons. The van der Waals surface area contributed by atoms with Gasteiger partial charge in [0, 0.05) is 11.9 Å². The normalized spacial score (nSPS) is 27.1. The Morgan fingerprint density at radius 3 is 2.80 bits per heavy atom. The lowest BCUT2D eigenvalue weighted by atomic mass is 9.84. The van der Waals surface area contributed by atoms with Gasteiger partial charge in [0.05, 0.1) is 5.92 Å². The Balaban J connectivity index is 2.71. The molecule has 84 valence electrons. The zero-order chi connectivity index (χ0) is 11.4. The van der Waals surface area contributed by atoms with Crippen LogP contribution >= 0.6 is 0 Å². The van der Waals surface area contributed by atoms with Gasteiger partial charge < -0.3 is 19.7 Å². The third kappa shape index (κ3) is 3.06. The Labute approximate surface area is 87.4 Å². The number of aliphatic hydroxyl groups is 1. The lowest BCUT2D eigenvalue weighted by Crippen LogP contribution is -2.40. The average molecular weight is 213 g/mol. The van der Waals surface area contributed by atoms with Gasteiger partial charge >= 0.3 is 5.97 Å². The van der Waals surface area contributed by atoms with Crippen molar-refractivity contribution in [3.8, 4) is 0 Å². The molecule has 1 N–H and O–H groups in total. The van der Waals surface area contributed by atoms with Crippen LogP contribution in [-0.4, -0.2) is 23.3 Å². The summed E-state index contributed by atoms with van der Waals surface area (Å²) in [7, 11) is 0. The van der Waals surface area contributed by atoms with Crippen LogP contribution in [0.5, 0.6) is 0 Å². The Morgan fingerprint density at radius 2 is 2.27 bits per heavy atom. The van der Waals surface area contributed by atoms with Gasteiger partial charge in [0.25, 0.3) is 0 Å². The number of rotatable bonds is 3. The van der Waals surface area contributed by atoms with Crippen LogP contribution in [0.15, 0.2) is 12.2 Å². The van der Waals surface area contributed by atoms with E-state index in [0.29, 0.717) is 12.8 Å². The Kier molecular flexibility index (Phi) is 3.85. The molecule has 0 aliphatic heterocycles. The molecule has 0 fully saturated rings. The van der Waals surface area contributed by atoms with Gasteiger partial charge in [0.15, 0.2) is 6.29 Å². The highest BCUT2D eigenvalue weighted by molar-refractivity contribution is 5.82. The van der Waals surface area contributed by atoms with Crippen LogP contribution in [0.25, 0.3) is 0 Å². The van der Waals surface area contributed by atoms with Crippen LogP contribution in [0.4, 0.5) is 0 Å². The van der Waals surface area contributed by atoms with Crippen molar-refractivity contribution in [1.29, 1.82) is 0 Å². The van der Waals surface area contributed by atoms with Gasteiger partial charge in [-0.25, -0.2) is 0 Å². The minimum Gasteiger partial charge on any atom is -0.550 e. The summed E-state index contributed by atoms with van der Waals surface area (Å²) < 4.78 is 4.54. The third-order valence-electron chi connectivity index (χ3n) is 2.28. The van der Waals surface area contributed by atoms with Crippen LogP contribution < -0.4 is 5.11 Å². The third-order valence-corrected chi connectivity index (χ3v) is 2.28. The molecule has 5 nitrogen and oxygen atoms in total. The lowest BCUT2D eigenvalue weighted by Gasteiger charge is -2.27. The summed E-state index contributed by atoms with van der Waals surface area (Å²) in [4.78, 5) is 22.1. The molecule has 0 aromatic heterocycles. The van der Waals surface area contributed by atoms with E-state index in [1.165, 1.54) is 13.0 Å². The highest BCUT2D eigenvalue weighted by atomic mass is 16.6. The fourth-order valence-corrected chi connectivity index (χ4v) is 1.59. The number of carbonyl (C=O) groups excluding carboxylic acids is 2. The number of carbonyl (C=O) groups is 2. The molecule has 0 amide bonds. The van der Waals surface area contributed by atoms with Crippen molar-refractivity contribution in [2.45, 2.75) is 26.1 Å². The monoisotopic (exact) mass is 213 g/mol. The van der Waals surface area contributed by atoms with Crippen molar-refractivity contribution in [2.75, 3.05) is 0 Å². The first-order chi connectivity index (χ1) is 7.02. The van der Waals surface area contributed by atoms with E-state index in [2.05, 4.69) is 4.74 Å². The van der Waals surface area contributed by atoms with E-state index in [-0.39, 0.29) is 0 Å². The van der Waals surface area contributed by atoms with E-state index in [9.17, 15) is 14.7 Å². The van der Waals surface area contributed by atoms with E-state index in [0.717, 1.165) is 0 Å². The largest absolute Gasteiger partial charge is 0.550 e. The molecule has 0 spiro atoms. The molecule has 3 unspecified atom stereocenters. The first-order valence-electron chi connectivity index (χ1n) is 4.78. The second-order valence-corrected chi connectivity index (χ2v) is 3.49. The standard InChI is InChI=1S/C10H14O5/c1-6(11)15-10(14)8-5-3-2-4-7(8)9(12)13/h3,5-8,11H,2,4H2,1H3,(H,12,13)/p-1. The summed E-state index contributed by atoms with van der Waals surface area (Å²) in [5, 5.41) is 19.6. The zero-order valence-electron chi connectivity index (χ0n) is 8.38. The van der Waals surface area contributed by atoms with Gasteiger partial charge in [-0.1, -0.05) is 12.2 Å². The summed E-state index contributed by atoms with van der Waals surface area (Å²) in [6.07, 6.45) is 2.97. The summed E-state index contributed by atoms with van der Waals surface area (Å²) in [6, 6.07) is 0. The molecular weight excluding hydrogens is 200 g/mol. The Hall–Kier alpha value is -1.36. The number of carboxylic acid groups (broad SMARTS) is 1. The van der Waals surface area contributed by atoms with E-state index < -0.39 is 30.1 Å². The molecule has 0 aromatic rings. The number of carboxylic acids is 1. The SMILES string of the molecule is CC(O)OC(=O)C1C=CCCC1C(=O)[O-]. The molecule has 0 saturated heterocycles. The fourth-order valence-electron chi connectivity index (χ4n) is 1.59. The Bertz CT molecular complexity index is 282. The van der Waals surface area contributed by atoms with Gasteiger partial charge in [-0.15, -0.1) is 0 Å². The van der Waals surface area contributed by atoms with Crippen LogP contribution in [0.3, 0.4) is 0 Å². The molecular formula is C10H13O5-. The van der Waals surface area contributed by atoms with E-state index in [1.807, 2.05) is 0 Å². The number of hydrogen-bond acceptors (Lipinski definition) is 5. The summed E-state index contributed by atoms with van der Waals surface area (Å²) in [5.74, 6) is -3.69. The summed E-state index contributed by atoms with van der Waals surface area (Å²) in [5.41, 5.74) is 0. The molecule has 5 heteroatoms. The summed E-state index contributed by atoms with van der Waals surface area (Å²) >= 11 is 0.